The number of likely N-dealkylation sites (tertiary alicyclic amines) is 1. The van der Waals surface area contributed by atoms with E-state index in [1.54, 1.807) is 6.08 Å². The van der Waals surface area contributed by atoms with Crippen molar-refractivity contribution in [1.29, 1.82) is 0 Å². The summed E-state index contributed by atoms with van der Waals surface area (Å²) in [4.78, 5) is 21.9. The fraction of sp³-hybridized carbons (Fsp3) is 0.412. The van der Waals surface area contributed by atoms with E-state index in [-0.39, 0.29) is 11.1 Å². The van der Waals surface area contributed by atoms with Crippen LogP contribution < -0.4 is 0 Å². The van der Waals surface area contributed by atoms with Gasteiger partial charge in [-0.1, -0.05) is 25.8 Å². The van der Waals surface area contributed by atoms with Gasteiger partial charge in [-0.05, 0) is 38.8 Å². The summed E-state index contributed by atoms with van der Waals surface area (Å²) in [6, 6.07) is 0. The van der Waals surface area contributed by atoms with Gasteiger partial charge in [0.05, 0.1) is 0 Å². The number of rotatable bonds is 6. The molecule has 1 rings (SSSR count). The molecule has 5 nitrogen and oxygen atoms in total. The minimum Gasteiger partial charge on any atom is -0.478 e. The Labute approximate surface area is 132 Å². The molecule has 0 spiro atoms. The van der Waals surface area contributed by atoms with Crippen LogP contribution in [0.4, 0.5) is 0 Å². The molecule has 0 bridgehead atoms. The second-order valence-corrected chi connectivity index (χ2v) is 4.75. The summed E-state index contributed by atoms with van der Waals surface area (Å²) in [5.41, 5.74) is 0.421. The van der Waals surface area contributed by atoms with Gasteiger partial charge in [0.1, 0.15) is 0 Å². The Balaban J connectivity index is 0. The van der Waals surface area contributed by atoms with Gasteiger partial charge in [0.2, 0.25) is 0 Å². The molecule has 124 valence electrons. The predicted octanol–water partition coefficient (Wildman–Crippen LogP) is 3.47. The Morgan fingerprint density at radius 3 is 1.77 bits per heavy atom. The highest BCUT2D eigenvalue weighted by atomic mass is 16.4. The molecule has 1 fully saturated rings. The van der Waals surface area contributed by atoms with E-state index in [1.165, 1.54) is 32.9 Å². The van der Waals surface area contributed by atoms with Gasteiger partial charge in [-0.15, -0.1) is 6.58 Å². The van der Waals surface area contributed by atoms with Crippen LogP contribution in [-0.2, 0) is 9.59 Å². The number of carboxylic acids is 2. The number of nitrogens with zero attached hydrogens (tertiary/aromatic N) is 1. The summed E-state index contributed by atoms with van der Waals surface area (Å²) in [7, 11) is 0. The average molecular weight is 309 g/mol. The van der Waals surface area contributed by atoms with Crippen LogP contribution in [0.2, 0.25) is 0 Å². The summed E-state index contributed by atoms with van der Waals surface area (Å²) >= 11 is 0. The summed E-state index contributed by atoms with van der Waals surface area (Å²) in [6.45, 7) is 17.5. The number of hydrogen-bond acceptors (Lipinski definition) is 3. The molecule has 0 atom stereocenters. The third kappa shape index (κ3) is 14.1. The zero-order valence-electron chi connectivity index (χ0n) is 13.4. The van der Waals surface area contributed by atoms with E-state index in [1.807, 2.05) is 6.20 Å². The molecule has 0 aromatic heterocycles. The van der Waals surface area contributed by atoms with E-state index < -0.39 is 11.9 Å². The van der Waals surface area contributed by atoms with Crippen LogP contribution in [0.25, 0.3) is 0 Å². The lowest BCUT2D eigenvalue weighted by Crippen LogP contribution is -2.08. The van der Waals surface area contributed by atoms with Crippen molar-refractivity contribution < 1.29 is 19.8 Å². The van der Waals surface area contributed by atoms with Gasteiger partial charge in [0.15, 0.2) is 0 Å². The van der Waals surface area contributed by atoms with Crippen LogP contribution in [0.1, 0.15) is 32.6 Å². The second kappa shape index (κ2) is 13.7. The maximum absolute atomic E-state index is 10.1. The van der Waals surface area contributed by atoms with Gasteiger partial charge in [0.25, 0.3) is 0 Å². The molecule has 22 heavy (non-hydrogen) atoms. The van der Waals surface area contributed by atoms with Crippen LogP contribution in [0, 0.1) is 0 Å². The van der Waals surface area contributed by atoms with Gasteiger partial charge < -0.3 is 15.1 Å². The highest BCUT2D eigenvalue weighted by Crippen LogP contribution is 2.05. The van der Waals surface area contributed by atoms with Crippen LogP contribution in [0.3, 0.4) is 0 Å². The third-order valence-corrected chi connectivity index (χ3v) is 2.72. The molecular formula is C17H27NO4. The maximum atomic E-state index is 10.1. The molecule has 5 heteroatoms. The molecular weight excluding hydrogens is 282 g/mol. The highest BCUT2D eigenvalue weighted by Gasteiger charge is 2.04. The SMILES string of the molecule is C=C(C)C(=O)O.C=CCCC(=C)C(=O)O.C=CN1CCCC1. The molecule has 0 aromatic rings. The van der Waals surface area contributed by atoms with Crippen LogP contribution >= 0.6 is 0 Å². The topological polar surface area (TPSA) is 77.8 Å². The molecule has 2 N–H and O–H groups in total. The zero-order valence-corrected chi connectivity index (χ0v) is 13.4. The molecule has 0 unspecified atom stereocenters. The fourth-order valence-corrected chi connectivity index (χ4v) is 1.31. The third-order valence-electron chi connectivity index (χ3n) is 2.72. The van der Waals surface area contributed by atoms with Crippen LogP contribution in [0.5, 0.6) is 0 Å². The van der Waals surface area contributed by atoms with Gasteiger partial charge in [0, 0.05) is 24.2 Å². The van der Waals surface area contributed by atoms with Gasteiger partial charge in [-0.3, -0.25) is 0 Å². The summed E-state index contributed by atoms with van der Waals surface area (Å²) in [6.07, 6.45) is 7.49. The first-order valence-corrected chi connectivity index (χ1v) is 7.03. The first-order chi connectivity index (χ1) is 10.3. The molecule has 0 amide bonds. The largest absolute Gasteiger partial charge is 0.478 e. The van der Waals surface area contributed by atoms with Gasteiger partial charge in [-0.25, -0.2) is 9.59 Å². The van der Waals surface area contributed by atoms with Crippen molar-refractivity contribution in [2.24, 2.45) is 0 Å². The lowest BCUT2D eigenvalue weighted by molar-refractivity contribution is -0.133. The monoisotopic (exact) mass is 309 g/mol. The van der Waals surface area contributed by atoms with E-state index in [0.29, 0.717) is 12.8 Å². The van der Waals surface area contributed by atoms with Crippen molar-refractivity contribution in [3.05, 3.63) is 49.7 Å². The molecule has 1 aliphatic rings. The standard InChI is InChI=1S/C7H10O2.C6H11N.C4H6O2/c1-3-4-5-6(2)7(8)9;1-2-7-5-3-4-6-7;1-3(2)4(5)6/h3H,1-2,4-5H2,(H,8,9);2H,1,3-6H2;1H2,2H3,(H,5,6). The van der Waals surface area contributed by atoms with Gasteiger partial charge in [-0.2, -0.15) is 0 Å². The van der Waals surface area contributed by atoms with Crippen molar-refractivity contribution in [2.75, 3.05) is 13.1 Å². The highest BCUT2D eigenvalue weighted by molar-refractivity contribution is 5.85. The first-order valence-electron chi connectivity index (χ1n) is 7.03. The number of aliphatic carboxylic acids is 2. The van der Waals surface area contributed by atoms with Crippen LogP contribution in [-0.4, -0.2) is 40.1 Å². The maximum Gasteiger partial charge on any atom is 0.330 e. The van der Waals surface area contributed by atoms with Gasteiger partial charge >= 0.3 is 11.9 Å². The summed E-state index contributed by atoms with van der Waals surface area (Å²) in [5.74, 6) is -1.85. The van der Waals surface area contributed by atoms with E-state index in [9.17, 15) is 9.59 Å². The number of allylic oxidation sites excluding steroid dienone is 1. The van der Waals surface area contributed by atoms with E-state index >= 15 is 0 Å². The molecule has 0 saturated carbocycles. The number of carbonyl (C=O) groups is 2. The molecule has 0 radical (unpaired) electrons. The van der Waals surface area contributed by atoms with Crippen molar-refractivity contribution in [2.45, 2.75) is 32.6 Å². The summed E-state index contributed by atoms with van der Waals surface area (Å²) < 4.78 is 0. The fourth-order valence-electron chi connectivity index (χ4n) is 1.31. The minimum absolute atomic E-state index is 0.176. The normalized spacial score (nSPS) is 12.0. The molecule has 1 heterocycles. The Bertz CT molecular complexity index is 395. The van der Waals surface area contributed by atoms with Crippen LogP contribution in [0.15, 0.2) is 49.7 Å². The predicted molar refractivity (Wildman–Crippen MR) is 89.7 cm³/mol. The minimum atomic E-state index is -0.935. The Hall–Kier alpha value is -2.30. The number of carboxylic acid groups (broad SMARTS) is 2. The van der Waals surface area contributed by atoms with E-state index in [0.717, 1.165) is 0 Å². The van der Waals surface area contributed by atoms with Crippen molar-refractivity contribution in [1.82, 2.24) is 4.90 Å². The zero-order chi connectivity index (χ0) is 17.5. The smallest absolute Gasteiger partial charge is 0.330 e. The molecule has 1 saturated heterocycles. The molecule has 1 aliphatic heterocycles. The Morgan fingerprint density at radius 1 is 1.09 bits per heavy atom. The lowest BCUT2D eigenvalue weighted by atomic mass is 10.2. The van der Waals surface area contributed by atoms with Crippen molar-refractivity contribution in [3.8, 4) is 0 Å². The molecule has 0 aliphatic carbocycles. The van der Waals surface area contributed by atoms with E-state index in [2.05, 4.69) is 31.2 Å². The van der Waals surface area contributed by atoms with E-state index in [4.69, 9.17) is 10.2 Å². The van der Waals surface area contributed by atoms with Crippen molar-refractivity contribution >= 4 is 11.9 Å². The van der Waals surface area contributed by atoms with Crippen molar-refractivity contribution in [3.63, 3.8) is 0 Å². The Kier molecular flexibility index (Phi) is 13.7. The first kappa shape index (κ1) is 22.0. The lowest BCUT2D eigenvalue weighted by Gasteiger charge is -2.07. The average Bonchev–Trinajstić information content (AvgIpc) is 2.99. The quantitative estimate of drug-likeness (QED) is 0.580. The molecule has 0 aromatic carbocycles. The Morgan fingerprint density at radius 2 is 1.55 bits per heavy atom. The second-order valence-electron chi connectivity index (χ2n) is 4.75. The summed E-state index contributed by atoms with van der Waals surface area (Å²) in [5, 5.41) is 16.2. The number of hydrogen-bond donors (Lipinski definition) is 2.